The van der Waals surface area contributed by atoms with Crippen LogP contribution in [0.2, 0.25) is 0 Å². The molecule has 1 aromatic carbocycles. The topological polar surface area (TPSA) is 86.9 Å². The number of rotatable bonds is 4. The highest BCUT2D eigenvalue weighted by Gasteiger charge is 2.35. The lowest BCUT2D eigenvalue weighted by atomic mass is 9.98. The Morgan fingerprint density at radius 2 is 2.08 bits per heavy atom. The zero-order chi connectivity index (χ0) is 18.1. The number of aromatic nitrogens is 5. The highest BCUT2D eigenvalue weighted by Crippen LogP contribution is 2.34. The monoisotopic (exact) mass is 350 g/mol. The second-order valence-electron chi connectivity index (χ2n) is 6.10. The van der Waals surface area contributed by atoms with Gasteiger partial charge in [0.05, 0.1) is 11.8 Å². The molecule has 3 aromatic rings. The van der Waals surface area contributed by atoms with E-state index >= 15 is 0 Å². The third-order valence-electron chi connectivity index (χ3n) is 4.27. The number of hydrogen-bond donors (Lipinski definition) is 1. The molecule has 1 unspecified atom stereocenters. The number of esters is 1. The summed E-state index contributed by atoms with van der Waals surface area (Å²) in [6.07, 6.45) is 5.04. The molecule has 26 heavy (non-hydrogen) atoms. The van der Waals surface area contributed by atoms with Crippen LogP contribution in [0.15, 0.2) is 60.3 Å². The zero-order valence-corrected chi connectivity index (χ0v) is 14.5. The zero-order valence-electron chi connectivity index (χ0n) is 14.5. The third-order valence-corrected chi connectivity index (χ3v) is 4.27. The molecule has 0 spiro atoms. The van der Waals surface area contributed by atoms with E-state index in [9.17, 15) is 4.79 Å². The van der Waals surface area contributed by atoms with Crippen molar-refractivity contribution in [2.75, 3.05) is 5.32 Å². The molecule has 1 N–H and O–H groups in total. The van der Waals surface area contributed by atoms with E-state index in [0.29, 0.717) is 17.2 Å². The van der Waals surface area contributed by atoms with Gasteiger partial charge in [-0.15, -0.1) is 0 Å². The average molecular weight is 350 g/mol. The van der Waals surface area contributed by atoms with Gasteiger partial charge in [0.15, 0.2) is 0 Å². The van der Waals surface area contributed by atoms with Crippen LogP contribution in [0.25, 0.3) is 0 Å². The summed E-state index contributed by atoms with van der Waals surface area (Å²) in [5, 5.41) is 11.6. The van der Waals surface area contributed by atoms with Gasteiger partial charge in [0.1, 0.15) is 19.0 Å². The van der Waals surface area contributed by atoms with Gasteiger partial charge in [-0.1, -0.05) is 30.3 Å². The molecule has 3 heterocycles. The number of nitrogens with one attached hydrogen (secondary N) is 1. The van der Waals surface area contributed by atoms with E-state index in [2.05, 4.69) is 20.5 Å². The fourth-order valence-corrected chi connectivity index (χ4v) is 3.05. The molecule has 0 aliphatic carbocycles. The van der Waals surface area contributed by atoms with Crippen LogP contribution in [0.4, 0.5) is 5.95 Å². The van der Waals surface area contributed by atoms with Crippen LogP contribution in [0.5, 0.6) is 0 Å². The molecule has 8 heteroatoms. The molecule has 4 rings (SSSR count). The highest BCUT2D eigenvalue weighted by atomic mass is 16.5. The van der Waals surface area contributed by atoms with Gasteiger partial charge in [-0.2, -0.15) is 15.2 Å². The van der Waals surface area contributed by atoms with E-state index in [1.54, 1.807) is 15.6 Å². The van der Waals surface area contributed by atoms with E-state index in [1.165, 1.54) is 6.33 Å². The standard InChI is InChI=1S/C18H18N6O2/c1-12-15(17(25)26-10-13-6-4-3-5-7-13)16(14-8-20-23(2)9-14)24-18(22-12)19-11-21-24/h3-9,11,16H,10H2,1-2H3,(H,19,21,22). The van der Waals surface area contributed by atoms with Gasteiger partial charge in [-0.05, 0) is 12.5 Å². The molecule has 0 saturated carbocycles. The Bertz CT molecular complexity index is 972. The Hall–Kier alpha value is -3.42. The third kappa shape index (κ3) is 2.85. The maximum atomic E-state index is 12.9. The molecule has 8 nitrogen and oxygen atoms in total. The van der Waals surface area contributed by atoms with Crippen molar-refractivity contribution in [2.24, 2.45) is 7.05 Å². The van der Waals surface area contributed by atoms with E-state index in [-0.39, 0.29) is 6.61 Å². The molecule has 2 aromatic heterocycles. The molecule has 1 aliphatic rings. The van der Waals surface area contributed by atoms with Crippen molar-refractivity contribution in [3.8, 4) is 0 Å². The van der Waals surface area contributed by atoms with E-state index in [4.69, 9.17) is 4.74 Å². The molecular formula is C18H18N6O2. The summed E-state index contributed by atoms with van der Waals surface area (Å²) < 4.78 is 8.92. The second kappa shape index (κ2) is 6.47. The number of fused-ring (bicyclic) bond motifs is 1. The predicted molar refractivity (Wildman–Crippen MR) is 93.9 cm³/mol. The van der Waals surface area contributed by atoms with Crippen LogP contribution in [0.3, 0.4) is 0 Å². The molecule has 1 aliphatic heterocycles. The van der Waals surface area contributed by atoms with Crippen molar-refractivity contribution in [3.63, 3.8) is 0 Å². The Labute approximate surface area is 150 Å². The molecule has 0 saturated heterocycles. The Balaban J connectivity index is 1.66. The van der Waals surface area contributed by atoms with Crippen molar-refractivity contribution in [2.45, 2.75) is 19.6 Å². The minimum absolute atomic E-state index is 0.209. The highest BCUT2D eigenvalue weighted by molar-refractivity contribution is 5.92. The van der Waals surface area contributed by atoms with Crippen molar-refractivity contribution < 1.29 is 9.53 Å². The number of anilines is 1. The van der Waals surface area contributed by atoms with Gasteiger partial charge >= 0.3 is 5.97 Å². The number of benzene rings is 1. The summed E-state index contributed by atoms with van der Waals surface area (Å²) >= 11 is 0. The fourth-order valence-electron chi connectivity index (χ4n) is 3.05. The van der Waals surface area contributed by atoms with E-state index < -0.39 is 12.0 Å². The quantitative estimate of drug-likeness (QED) is 0.725. The van der Waals surface area contributed by atoms with Crippen LogP contribution < -0.4 is 5.32 Å². The van der Waals surface area contributed by atoms with Gasteiger partial charge in [0.2, 0.25) is 5.95 Å². The normalized spacial score (nSPS) is 16.2. The lowest BCUT2D eigenvalue weighted by Crippen LogP contribution is -2.29. The van der Waals surface area contributed by atoms with Crippen LogP contribution in [0, 0.1) is 0 Å². The number of nitrogens with zero attached hydrogens (tertiary/aromatic N) is 5. The molecule has 0 radical (unpaired) electrons. The fraction of sp³-hybridized carbons (Fsp3) is 0.222. The summed E-state index contributed by atoms with van der Waals surface area (Å²) in [5.74, 6) is 0.185. The maximum Gasteiger partial charge on any atom is 0.338 e. The van der Waals surface area contributed by atoms with Crippen molar-refractivity contribution in [3.05, 3.63) is 71.4 Å². The molecule has 132 valence electrons. The first-order valence-corrected chi connectivity index (χ1v) is 8.20. The first-order valence-electron chi connectivity index (χ1n) is 8.20. The maximum absolute atomic E-state index is 12.9. The van der Waals surface area contributed by atoms with Crippen LogP contribution >= 0.6 is 0 Å². The number of hydrogen-bond acceptors (Lipinski definition) is 6. The number of ether oxygens (including phenoxy) is 1. The molecule has 1 atom stereocenters. The minimum atomic E-state index is -0.439. The largest absolute Gasteiger partial charge is 0.457 e. The number of carbonyl (C=O) groups excluding carboxylic acids is 1. The lowest BCUT2D eigenvalue weighted by molar-refractivity contribution is -0.140. The van der Waals surface area contributed by atoms with Gasteiger partial charge in [0, 0.05) is 24.5 Å². The minimum Gasteiger partial charge on any atom is -0.457 e. The second-order valence-corrected chi connectivity index (χ2v) is 6.10. The van der Waals surface area contributed by atoms with Crippen molar-refractivity contribution in [1.29, 1.82) is 0 Å². The summed E-state index contributed by atoms with van der Waals surface area (Å²) in [6.45, 7) is 2.04. The molecule has 0 amide bonds. The SMILES string of the molecule is CC1=C(C(=O)OCc2ccccc2)C(c2cnn(C)c2)n2ncnc2N1. The van der Waals surface area contributed by atoms with E-state index in [1.807, 2.05) is 50.5 Å². The number of allylic oxidation sites excluding steroid dienone is 1. The van der Waals surface area contributed by atoms with Crippen molar-refractivity contribution in [1.82, 2.24) is 24.5 Å². The number of carbonyl (C=O) groups is 1. The van der Waals surface area contributed by atoms with Crippen molar-refractivity contribution >= 4 is 11.9 Å². The average Bonchev–Trinajstić information content (AvgIpc) is 3.28. The summed E-state index contributed by atoms with van der Waals surface area (Å²) in [4.78, 5) is 17.1. The van der Waals surface area contributed by atoms with Gasteiger partial charge in [0.25, 0.3) is 0 Å². The van der Waals surface area contributed by atoms with Gasteiger partial charge in [-0.3, -0.25) is 4.68 Å². The Morgan fingerprint density at radius 3 is 2.81 bits per heavy atom. The first kappa shape index (κ1) is 16.1. The molecule has 0 bridgehead atoms. The molecule has 0 fully saturated rings. The smallest absolute Gasteiger partial charge is 0.338 e. The molecular weight excluding hydrogens is 332 g/mol. The predicted octanol–water partition coefficient (Wildman–Crippen LogP) is 2.04. The summed E-state index contributed by atoms with van der Waals surface area (Å²) in [6, 6.07) is 9.15. The summed E-state index contributed by atoms with van der Waals surface area (Å²) in [5.41, 5.74) is 2.96. The Morgan fingerprint density at radius 1 is 1.27 bits per heavy atom. The van der Waals surface area contributed by atoms with Crippen LogP contribution in [0.1, 0.15) is 24.1 Å². The van der Waals surface area contributed by atoms with Gasteiger partial charge < -0.3 is 10.1 Å². The lowest BCUT2D eigenvalue weighted by Gasteiger charge is -2.27. The van der Waals surface area contributed by atoms with Gasteiger partial charge in [-0.25, -0.2) is 9.48 Å². The summed E-state index contributed by atoms with van der Waals surface area (Å²) in [7, 11) is 1.83. The van der Waals surface area contributed by atoms with Crippen LogP contribution in [-0.2, 0) is 23.2 Å². The van der Waals surface area contributed by atoms with Crippen LogP contribution in [-0.4, -0.2) is 30.5 Å². The number of aryl methyl sites for hydroxylation is 1. The first-order chi connectivity index (χ1) is 12.6. The van der Waals surface area contributed by atoms with E-state index in [0.717, 1.165) is 11.1 Å². The Kier molecular flexibility index (Phi) is 4.00.